The van der Waals surface area contributed by atoms with Crippen LogP contribution in [0.25, 0.3) is 0 Å². The van der Waals surface area contributed by atoms with Crippen LogP contribution >= 0.6 is 0 Å². The molecule has 0 radical (unpaired) electrons. The van der Waals surface area contributed by atoms with Gasteiger partial charge in [0.25, 0.3) is 0 Å². The number of hydrogen-bond acceptors (Lipinski definition) is 3. The van der Waals surface area contributed by atoms with E-state index >= 15 is 0 Å². The van der Waals surface area contributed by atoms with Gasteiger partial charge in [0.2, 0.25) is 5.91 Å². The summed E-state index contributed by atoms with van der Waals surface area (Å²) >= 11 is 0. The van der Waals surface area contributed by atoms with Crippen LogP contribution in [-0.4, -0.2) is 42.5 Å². The second-order valence-electron chi connectivity index (χ2n) is 6.64. The second-order valence-corrected chi connectivity index (χ2v) is 6.64. The first kappa shape index (κ1) is 17.0. The van der Waals surface area contributed by atoms with E-state index in [2.05, 4.69) is 24.1 Å². The van der Waals surface area contributed by atoms with Crippen molar-refractivity contribution >= 4 is 5.91 Å². The zero-order valence-electron chi connectivity index (χ0n) is 13.8. The van der Waals surface area contributed by atoms with Crippen LogP contribution in [0, 0.1) is 5.92 Å². The molecule has 3 N–H and O–H groups in total. The first-order chi connectivity index (χ1) is 10.6. The quantitative estimate of drug-likeness (QED) is 0.842. The molecule has 0 saturated carbocycles. The zero-order valence-corrected chi connectivity index (χ0v) is 13.8. The van der Waals surface area contributed by atoms with Gasteiger partial charge >= 0.3 is 0 Å². The number of carbonyl (C=O) groups excluding carboxylic acids is 1. The van der Waals surface area contributed by atoms with Gasteiger partial charge in [0.15, 0.2) is 0 Å². The number of nitrogens with one attached hydrogen (secondary N) is 1. The number of nitrogens with zero attached hydrogens (tertiary/aromatic N) is 1. The Balaban J connectivity index is 1.75. The fourth-order valence-corrected chi connectivity index (χ4v) is 3.07. The Bertz CT molecular complexity index is 461. The van der Waals surface area contributed by atoms with Crippen LogP contribution in [0.15, 0.2) is 30.3 Å². The predicted octanol–water partition coefficient (Wildman–Crippen LogP) is 1.79. The minimum Gasteiger partial charge on any atom is -0.354 e. The molecule has 4 nitrogen and oxygen atoms in total. The van der Waals surface area contributed by atoms with Crippen LogP contribution in [0.1, 0.15) is 32.3 Å². The van der Waals surface area contributed by atoms with Gasteiger partial charge in [-0.25, -0.2) is 0 Å². The number of piperidine rings is 1. The number of hydrogen-bond donors (Lipinski definition) is 2. The Hall–Kier alpha value is -1.39. The number of nitrogens with two attached hydrogens (primary N) is 1. The standard InChI is InChI=1S/C18H29N3O/c1-14(2)21-10-6-9-16(13-21)12-20-18(22)17(19)11-15-7-4-3-5-8-15/h3-5,7-8,14,16-17H,6,9-13,19H2,1-2H3,(H,20,22). The number of benzene rings is 1. The highest BCUT2D eigenvalue weighted by Crippen LogP contribution is 2.17. The van der Waals surface area contributed by atoms with E-state index in [-0.39, 0.29) is 5.91 Å². The summed E-state index contributed by atoms with van der Waals surface area (Å²) < 4.78 is 0. The smallest absolute Gasteiger partial charge is 0.237 e. The number of amides is 1. The summed E-state index contributed by atoms with van der Waals surface area (Å²) in [6, 6.07) is 10.1. The Morgan fingerprint density at radius 2 is 2.09 bits per heavy atom. The van der Waals surface area contributed by atoms with Crippen LogP contribution in [0.4, 0.5) is 0 Å². The average molecular weight is 303 g/mol. The molecule has 1 aliphatic heterocycles. The minimum atomic E-state index is -0.466. The van der Waals surface area contributed by atoms with Crippen LogP contribution in [0.5, 0.6) is 0 Å². The van der Waals surface area contributed by atoms with E-state index in [1.54, 1.807) is 0 Å². The molecule has 0 spiro atoms. The van der Waals surface area contributed by atoms with Crippen molar-refractivity contribution in [1.29, 1.82) is 0 Å². The van der Waals surface area contributed by atoms with E-state index in [1.807, 2.05) is 30.3 Å². The lowest BCUT2D eigenvalue weighted by Crippen LogP contribution is -2.47. The van der Waals surface area contributed by atoms with Crippen molar-refractivity contribution < 1.29 is 4.79 Å². The highest BCUT2D eigenvalue weighted by molar-refractivity contribution is 5.81. The van der Waals surface area contributed by atoms with Gasteiger partial charge in [0, 0.05) is 19.1 Å². The van der Waals surface area contributed by atoms with Crippen molar-refractivity contribution in [2.75, 3.05) is 19.6 Å². The van der Waals surface area contributed by atoms with Crippen LogP contribution in [0.2, 0.25) is 0 Å². The maximum Gasteiger partial charge on any atom is 0.237 e. The van der Waals surface area contributed by atoms with E-state index in [0.717, 1.165) is 18.7 Å². The normalized spacial score (nSPS) is 20.8. The number of rotatable bonds is 6. The van der Waals surface area contributed by atoms with E-state index in [0.29, 0.717) is 18.4 Å². The van der Waals surface area contributed by atoms with Crippen LogP contribution in [0.3, 0.4) is 0 Å². The summed E-state index contributed by atoms with van der Waals surface area (Å²) in [6.07, 6.45) is 3.00. The van der Waals surface area contributed by atoms with Crippen molar-refractivity contribution in [3.8, 4) is 0 Å². The van der Waals surface area contributed by atoms with Crippen molar-refractivity contribution in [3.63, 3.8) is 0 Å². The molecule has 4 heteroatoms. The van der Waals surface area contributed by atoms with E-state index in [1.165, 1.54) is 19.4 Å². The molecule has 22 heavy (non-hydrogen) atoms. The van der Waals surface area contributed by atoms with Crippen molar-refractivity contribution in [1.82, 2.24) is 10.2 Å². The Morgan fingerprint density at radius 1 is 1.36 bits per heavy atom. The summed E-state index contributed by atoms with van der Waals surface area (Å²) in [5.74, 6) is 0.509. The first-order valence-corrected chi connectivity index (χ1v) is 8.37. The third-order valence-corrected chi connectivity index (χ3v) is 4.48. The average Bonchev–Trinajstić information content (AvgIpc) is 2.53. The summed E-state index contributed by atoms with van der Waals surface area (Å²) in [7, 11) is 0. The molecule has 2 rings (SSSR count). The molecule has 1 aromatic rings. The largest absolute Gasteiger partial charge is 0.354 e. The van der Waals surface area contributed by atoms with E-state index < -0.39 is 6.04 Å². The highest BCUT2D eigenvalue weighted by atomic mass is 16.2. The van der Waals surface area contributed by atoms with Gasteiger partial charge in [-0.3, -0.25) is 4.79 Å². The summed E-state index contributed by atoms with van der Waals surface area (Å²) in [4.78, 5) is 14.6. The van der Waals surface area contributed by atoms with Crippen molar-refractivity contribution in [2.24, 2.45) is 11.7 Å². The molecule has 2 atom stereocenters. The molecule has 1 saturated heterocycles. The number of carbonyl (C=O) groups is 1. The molecule has 1 aromatic carbocycles. The van der Waals surface area contributed by atoms with Gasteiger partial charge in [-0.1, -0.05) is 30.3 Å². The van der Waals surface area contributed by atoms with Gasteiger partial charge in [-0.2, -0.15) is 0 Å². The molecular formula is C18H29N3O. The topological polar surface area (TPSA) is 58.4 Å². The van der Waals surface area contributed by atoms with Gasteiger partial charge in [0.05, 0.1) is 6.04 Å². The Labute approximate surface area is 134 Å². The SMILES string of the molecule is CC(C)N1CCCC(CNC(=O)C(N)Cc2ccccc2)C1. The lowest BCUT2D eigenvalue weighted by molar-refractivity contribution is -0.122. The van der Waals surface area contributed by atoms with Crippen molar-refractivity contribution in [3.05, 3.63) is 35.9 Å². The van der Waals surface area contributed by atoms with Gasteiger partial charge in [0.1, 0.15) is 0 Å². The number of likely N-dealkylation sites (tertiary alicyclic amines) is 1. The highest BCUT2D eigenvalue weighted by Gasteiger charge is 2.23. The van der Waals surface area contributed by atoms with Gasteiger partial charge < -0.3 is 16.0 Å². The molecule has 1 fully saturated rings. The third kappa shape index (κ3) is 5.11. The summed E-state index contributed by atoms with van der Waals surface area (Å²) in [5, 5.41) is 3.04. The molecule has 0 aromatic heterocycles. The molecule has 0 aliphatic carbocycles. The molecular weight excluding hydrogens is 274 g/mol. The minimum absolute atomic E-state index is 0.0366. The summed E-state index contributed by atoms with van der Waals surface area (Å²) in [6.45, 7) is 7.46. The predicted molar refractivity (Wildman–Crippen MR) is 90.6 cm³/mol. The Kier molecular flexibility index (Phi) is 6.40. The molecule has 122 valence electrons. The van der Waals surface area contributed by atoms with Gasteiger partial charge in [-0.15, -0.1) is 0 Å². The zero-order chi connectivity index (χ0) is 15.9. The molecule has 1 amide bonds. The lowest BCUT2D eigenvalue weighted by atomic mass is 9.96. The Morgan fingerprint density at radius 3 is 2.77 bits per heavy atom. The maximum absolute atomic E-state index is 12.2. The molecule has 0 bridgehead atoms. The van der Waals surface area contributed by atoms with E-state index in [9.17, 15) is 4.79 Å². The molecule has 1 heterocycles. The fourth-order valence-electron chi connectivity index (χ4n) is 3.07. The van der Waals surface area contributed by atoms with Crippen molar-refractivity contribution in [2.45, 2.75) is 45.2 Å². The van der Waals surface area contributed by atoms with E-state index in [4.69, 9.17) is 5.73 Å². The lowest BCUT2D eigenvalue weighted by Gasteiger charge is -2.35. The fraction of sp³-hybridized carbons (Fsp3) is 0.611. The van der Waals surface area contributed by atoms with Crippen LogP contribution < -0.4 is 11.1 Å². The van der Waals surface area contributed by atoms with Crippen LogP contribution in [-0.2, 0) is 11.2 Å². The van der Waals surface area contributed by atoms with Gasteiger partial charge in [-0.05, 0) is 51.1 Å². The molecule has 1 aliphatic rings. The molecule has 2 unspecified atom stereocenters. The first-order valence-electron chi connectivity index (χ1n) is 8.37. The monoisotopic (exact) mass is 303 g/mol. The maximum atomic E-state index is 12.2. The summed E-state index contributed by atoms with van der Waals surface area (Å²) in [5.41, 5.74) is 7.12. The third-order valence-electron chi connectivity index (χ3n) is 4.48. The second kappa shape index (κ2) is 8.30.